The normalized spacial score (nSPS) is 17.4. The predicted molar refractivity (Wildman–Crippen MR) is 104 cm³/mol. The van der Waals surface area contributed by atoms with Crippen LogP contribution in [0.2, 0.25) is 0 Å². The molecule has 1 aliphatic rings. The number of aromatic nitrogens is 2. The van der Waals surface area contributed by atoms with Gasteiger partial charge in [-0.05, 0) is 39.3 Å². The first-order valence-corrected chi connectivity index (χ1v) is 8.94. The topological polar surface area (TPSA) is 70.6 Å². The van der Waals surface area contributed by atoms with E-state index in [1.165, 1.54) is 0 Å². The van der Waals surface area contributed by atoms with E-state index in [1.54, 1.807) is 4.90 Å². The highest BCUT2D eigenvalue weighted by Gasteiger charge is 2.33. The number of carbonyl (C=O) groups is 1. The Morgan fingerprint density at radius 2 is 1.92 bits per heavy atom. The van der Waals surface area contributed by atoms with Crippen LogP contribution in [0.25, 0.3) is 11.0 Å². The molecule has 1 aliphatic heterocycles. The first-order chi connectivity index (χ1) is 12.3. The van der Waals surface area contributed by atoms with Gasteiger partial charge in [0.2, 0.25) is 0 Å². The van der Waals surface area contributed by atoms with E-state index in [4.69, 9.17) is 9.72 Å². The van der Waals surface area contributed by atoms with Crippen molar-refractivity contribution in [2.45, 2.75) is 38.8 Å². The fraction of sp³-hybridized carbons (Fsp3) is 0.526. The number of nitrogens with one attached hydrogen (secondary N) is 1. The maximum absolute atomic E-state index is 12.3. The molecule has 1 amide bonds. The molecule has 0 spiro atoms. The number of carbonyl (C=O) groups excluding carboxylic acids is 1. The Morgan fingerprint density at radius 3 is 2.54 bits per heavy atom. The van der Waals surface area contributed by atoms with Gasteiger partial charge in [-0.2, -0.15) is 0 Å². The fourth-order valence-electron chi connectivity index (χ4n) is 3.13. The zero-order valence-corrected chi connectivity index (χ0v) is 16.1. The van der Waals surface area contributed by atoms with Crippen LogP contribution in [0, 0.1) is 0 Å². The SMILES string of the molecule is CNc1nc2ccccc2nc1N(C)C1CCN(C(=O)OC(C)(C)C)C1. The molecule has 1 saturated heterocycles. The van der Waals surface area contributed by atoms with Gasteiger partial charge in [-0.3, -0.25) is 0 Å². The number of fused-ring (bicyclic) bond motifs is 1. The molecule has 2 heterocycles. The van der Waals surface area contributed by atoms with Gasteiger partial charge < -0.3 is 19.9 Å². The molecule has 1 unspecified atom stereocenters. The minimum Gasteiger partial charge on any atom is -0.444 e. The van der Waals surface area contributed by atoms with Crippen molar-refractivity contribution in [2.24, 2.45) is 0 Å². The third kappa shape index (κ3) is 3.81. The molecular formula is C19H27N5O2. The molecule has 1 aromatic carbocycles. The number of ether oxygens (including phenoxy) is 1. The molecule has 0 radical (unpaired) electrons. The predicted octanol–water partition coefficient (Wildman–Crippen LogP) is 3.12. The molecule has 1 fully saturated rings. The lowest BCUT2D eigenvalue weighted by Gasteiger charge is -2.28. The van der Waals surface area contributed by atoms with Gasteiger partial charge in [0.15, 0.2) is 11.6 Å². The number of likely N-dealkylation sites (tertiary alicyclic amines) is 1. The van der Waals surface area contributed by atoms with Crippen molar-refractivity contribution in [3.05, 3.63) is 24.3 Å². The first kappa shape index (κ1) is 18.2. The standard InChI is InChI=1S/C19H27N5O2/c1-19(2,3)26-18(25)24-11-10-13(12-24)23(5)17-16(20-4)21-14-8-6-7-9-15(14)22-17/h6-9,13H,10-12H2,1-5H3,(H,20,21). The molecule has 1 aromatic heterocycles. The molecule has 26 heavy (non-hydrogen) atoms. The molecule has 0 bridgehead atoms. The molecule has 7 heteroatoms. The van der Waals surface area contributed by atoms with Gasteiger partial charge in [-0.15, -0.1) is 0 Å². The van der Waals surface area contributed by atoms with Crippen LogP contribution in [-0.4, -0.2) is 59.8 Å². The Morgan fingerprint density at radius 1 is 1.27 bits per heavy atom. The van der Waals surface area contributed by atoms with E-state index in [0.29, 0.717) is 13.1 Å². The smallest absolute Gasteiger partial charge is 0.410 e. The van der Waals surface area contributed by atoms with Crippen LogP contribution in [0.1, 0.15) is 27.2 Å². The molecule has 0 aliphatic carbocycles. The molecular weight excluding hydrogens is 330 g/mol. The van der Waals surface area contributed by atoms with E-state index in [1.807, 2.05) is 59.1 Å². The average Bonchev–Trinajstić information content (AvgIpc) is 3.08. The Hall–Kier alpha value is -2.57. The van der Waals surface area contributed by atoms with E-state index in [2.05, 4.69) is 15.2 Å². The van der Waals surface area contributed by atoms with Crippen LogP contribution in [0.3, 0.4) is 0 Å². The Kier molecular flexibility index (Phi) is 4.89. The minimum atomic E-state index is -0.482. The summed E-state index contributed by atoms with van der Waals surface area (Å²) in [4.78, 5) is 25.6. The highest BCUT2D eigenvalue weighted by Crippen LogP contribution is 2.28. The van der Waals surface area contributed by atoms with Gasteiger partial charge in [-0.25, -0.2) is 14.8 Å². The average molecular weight is 357 g/mol. The van der Waals surface area contributed by atoms with Crippen molar-refractivity contribution in [3.63, 3.8) is 0 Å². The monoisotopic (exact) mass is 357 g/mol. The van der Waals surface area contributed by atoms with E-state index in [0.717, 1.165) is 29.1 Å². The Balaban J connectivity index is 1.78. The van der Waals surface area contributed by atoms with Crippen LogP contribution in [0.15, 0.2) is 24.3 Å². The van der Waals surface area contributed by atoms with E-state index < -0.39 is 5.60 Å². The van der Waals surface area contributed by atoms with Gasteiger partial charge in [0, 0.05) is 33.2 Å². The van der Waals surface area contributed by atoms with E-state index in [-0.39, 0.29) is 12.1 Å². The maximum Gasteiger partial charge on any atom is 0.410 e. The van der Waals surface area contributed by atoms with Crippen molar-refractivity contribution in [1.82, 2.24) is 14.9 Å². The Bertz CT molecular complexity index is 802. The second-order valence-corrected chi connectivity index (χ2v) is 7.61. The number of benzene rings is 1. The first-order valence-electron chi connectivity index (χ1n) is 8.94. The number of para-hydroxylation sites is 2. The lowest BCUT2D eigenvalue weighted by atomic mass is 10.2. The number of amides is 1. The second kappa shape index (κ2) is 6.97. The van der Waals surface area contributed by atoms with Gasteiger partial charge in [0.25, 0.3) is 0 Å². The summed E-state index contributed by atoms with van der Waals surface area (Å²) in [5.41, 5.74) is 1.23. The van der Waals surface area contributed by atoms with Crippen LogP contribution in [-0.2, 0) is 4.74 Å². The summed E-state index contributed by atoms with van der Waals surface area (Å²) < 4.78 is 5.49. The van der Waals surface area contributed by atoms with Crippen molar-refractivity contribution < 1.29 is 9.53 Å². The van der Waals surface area contributed by atoms with E-state index in [9.17, 15) is 4.79 Å². The molecule has 1 N–H and O–H groups in total. The number of likely N-dealkylation sites (N-methyl/N-ethyl adjacent to an activating group) is 1. The summed E-state index contributed by atoms with van der Waals surface area (Å²) >= 11 is 0. The van der Waals surface area contributed by atoms with Gasteiger partial charge in [-0.1, -0.05) is 12.1 Å². The van der Waals surface area contributed by atoms with Crippen LogP contribution in [0.5, 0.6) is 0 Å². The van der Waals surface area contributed by atoms with Gasteiger partial charge >= 0.3 is 6.09 Å². The highest BCUT2D eigenvalue weighted by molar-refractivity contribution is 5.80. The highest BCUT2D eigenvalue weighted by atomic mass is 16.6. The lowest BCUT2D eigenvalue weighted by molar-refractivity contribution is 0.0292. The third-order valence-corrected chi connectivity index (χ3v) is 4.49. The summed E-state index contributed by atoms with van der Waals surface area (Å²) in [6.07, 6.45) is 0.611. The summed E-state index contributed by atoms with van der Waals surface area (Å²) in [6.45, 7) is 6.94. The number of hydrogen-bond acceptors (Lipinski definition) is 6. The van der Waals surface area contributed by atoms with Crippen molar-refractivity contribution in [3.8, 4) is 0 Å². The molecule has 1 atom stereocenters. The molecule has 3 rings (SSSR count). The van der Waals surface area contributed by atoms with Crippen LogP contribution in [0.4, 0.5) is 16.4 Å². The molecule has 2 aromatic rings. The van der Waals surface area contributed by atoms with Gasteiger partial charge in [0.05, 0.1) is 11.0 Å². The minimum absolute atomic E-state index is 0.171. The van der Waals surface area contributed by atoms with E-state index >= 15 is 0 Å². The number of hydrogen-bond donors (Lipinski definition) is 1. The molecule has 7 nitrogen and oxygen atoms in total. The third-order valence-electron chi connectivity index (χ3n) is 4.49. The van der Waals surface area contributed by atoms with Crippen molar-refractivity contribution in [1.29, 1.82) is 0 Å². The summed E-state index contributed by atoms with van der Waals surface area (Å²) in [6, 6.07) is 7.99. The van der Waals surface area contributed by atoms with Crippen LogP contribution >= 0.6 is 0 Å². The second-order valence-electron chi connectivity index (χ2n) is 7.61. The van der Waals surface area contributed by atoms with Crippen LogP contribution < -0.4 is 10.2 Å². The number of rotatable bonds is 3. The fourth-order valence-corrected chi connectivity index (χ4v) is 3.13. The summed E-state index contributed by atoms with van der Waals surface area (Å²) in [5.74, 6) is 1.53. The Labute approximate surface area is 154 Å². The zero-order valence-electron chi connectivity index (χ0n) is 16.1. The lowest BCUT2D eigenvalue weighted by Crippen LogP contribution is -2.39. The van der Waals surface area contributed by atoms with Crippen molar-refractivity contribution in [2.75, 3.05) is 37.4 Å². The molecule has 0 saturated carbocycles. The zero-order chi connectivity index (χ0) is 18.9. The van der Waals surface area contributed by atoms with Crippen molar-refractivity contribution >= 4 is 28.8 Å². The maximum atomic E-state index is 12.3. The quantitative estimate of drug-likeness (QED) is 0.910. The van der Waals surface area contributed by atoms with Gasteiger partial charge in [0.1, 0.15) is 5.60 Å². The summed E-state index contributed by atoms with van der Waals surface area (Å²) in [7, 11) is 3.85. The largest absolute Gasteiger partial charge is 0.444 e. The molecule has 140 valence electrons. The number of anilines is 2. The summed E-state index contributed by atoms with van der Waals surface area (Å²) in [5, 5.41) is 3.14. The number of nitrogens with zero attached hydrogens (tertiary/aromatic N) is 4.